The lowest BCUT2D eigenvalue weighted by Crippen LogP contribution is -2.30. The fourth-order valence-corrected chi connectivity index (χ4v) is 3.45. The Balaban J connectivity index is 1.84. The van der Waals surface area contributed by atoms with Gasteiger partial charge in [0.25, 0.3) is 11.8 Å². The molecule has 0 bridgehead atoms. The molecule has 144 valence electrons. The van der Waals surface area contributed by atoms with Crippen LogP contribution in [0, 0.1) is 13.8 Å². The molecule has 0 fully saturated rings. The van der Waals surface area contributed by atoms with Crippen molar-refractivity contribution in [1.29, 1.82) is 0 Å². The van der Waals surface area contributed by atoms with E-state index in [0.717, 1.165) is 16.5 Å². The Labute approximate surface area is 165 Å². The second-order valence-corrected chi connectivity index (χ2v) is 6.72. The van der Waals surface area contributed by atoms with Crippen LogP contribution in [0.2, 0.25) is 0 Å². The number of aromatic nitrogens is 1. The van der Waals surface area contributed by atoms with Crippen LogP contribution in [0.3, 0.4) is 0 Å². The molecule has 0 saturated heterocycles. The van der Waals surface area contributed by atoms with Gasteiger partial charge in [-0.1, -0.05) is 18.2 Å². The minimum Gasteiger partial charge on any atom is -0.339 e. The normalized spacial score (nSPS) is 10.7. The van der Waals surface area contributed by atoms with Gasteiger partial charge in [-0.05, 0) is 63.6 Å². The number of para-hydroxylation sites is 1. The number of rotatable bonds is 5. The van der Waals surface area contributed by atoms with Crippen LogP contribution in [0.1, 0.15) is 45.8 Å². The fraction of sp³-hybridized carbons (Fsp3) is 0.261. The van der Waals surface area contributed by atoms with Gasteiger partial charge in [0.1, 0.15) is 0 Å². The van der Waals surface area contributed by atoms with Gasteiger partial charge in [0.2, 0.25) is 0 Å². The summed E-state index contributed by atoms with van der Waals surface area (Å²) in [6.07, 6.45) is 0. The monoisotopic (exact) mass is 375 g/mol. The molecule has 2 amide bonds. The SMILES string of the molecule is CCN(CC)C(=O)c1ccc(NC(=O)c2c(C)nc3ccccc3c2C)cc1. The molecule has 3 aromatic rings. The van der Waals surface area contributed by atoms with Crippen LogP contribution >= 0.6 is 0 Å². The molecule has 1 aromatic heterocycles. The zero-order chi connectivity index (χ0) is 20.3. The lowest BCUT2D eigenvalue weighted by Gasteiger charge is -2.18. The Morgan fingerprint density at radius 1 is 0.964 bits per heavy atom. The maximum absolute atomic E-state index is 12.9. The van der Waals surface area contributed by atoms with Crippen LogP contribution in [0.5, 0.6) is 0 Å². The molecule has 0 aliphatic carbocycles. The van der Waals surface area contributed by atoms with Gasteiger partial charge in [-0.25, -0.2) is 0 Å². The molecule has 0 atom stereocenters. The number of hydrogen-bond donors (Lipinski definition) is 1. The van der Waals surface area contributed by atoms with Crippen molar-refractivity contribution < 1.29 is 9.59 Å². The van der Waals surface area contributed by atoms with Gasteiger partial charge in [0.05, 0.1) is 16.8 Å². The van der Waals surface area contributed by atoms with Crippen molar-refractivity contribution in [3.05, 3.63) is 70.9 Å². The minimum atomic E-state index is -0.198. The largest absolute Gasteiger partial charge is 0.339 e. The third kappa shape index (κ3) is 3.74. The Morgan fingerprint density at radius 2 is 1.61 bits per heavy atom. The first-order valence-corrected chi connectivity index (χ1v) is 9.52. The van der Waals surface area contributed by atoms with E-state index >= 15 is 0 Å². The number of fused-ring (bicyclic) bond motifs is 1. The second kappa shape index (κ2) is 8.21. The fourth-order valence-electron chi connectivity index (χ4n) is 3.45. The number of nitrogens with one attached hydrogen (secondary N) is 1. The molecule has 5 heteroatoms. The van der Waals surface area contributed by atoms with Crippen molar-refractivity contribution in [2.24, 2.45) is 0 Å². The standard InChI is InChI=1S/C23H25N3O2/c1-5-26(6-2)23(28)17-11-13-18(14-12-17)25-22(27)21-15(3)19-9-7-8-10-20(19)24-16(21)4/h7-14H,5-6H2,1-4H3,(H,25,27). The van der Waals surface area contributed by atoms with Crippen LogP contribution in [0.25, 0.3) is 10.9 Å². The lowest BCUT2D eigenvalue weighted by molar-refractivity contribution is 0.0773. The second-order valence-electron chi connectivity index (χ2n) is 6.72. The summed E-state index contributed by atoms with van der Waals surface area (Å²) >= 11 is 0. The number of anilines is 1. The summed E-state index contributed by atoms with van der Waals surface area (Å²) in [5.41, 5.74) is 4.33. The average molecular weight is 375 g/mol. The number of carbonyl (C=O) groups excluding carboxylic acids is 2. The van der Waals surface area contributed by atoms with Crippen LogP contribution in [0.4, 0.5) is 5.69 Å². The van der Waals surface area contributed by atoms with E-state index in [1.54, 1.807) is 29.2 Å². The quantitative estimate of drug-likeness (QED) is 0.710. The van der Waals surface area contributed by atoms with Crippen LogP contribution in [0.15, 0.2) is 48.5 Å². The molecule has 0 aliphatic heterocycles. The number of pyridine rings is 1. The Hall–Kier alpha value is -3.21. The molecule has 0 saturated carbocycles. The summed E-state index contributed by atoms with van der Waals surface area (Å²) in [5, 5.41) is 3.89. The van der Waals surface area contributed by atoms with Gasteiger partial charge < -0.3 is 10.2 Å². The van der Waals surface area contributed by atoms with E-state index in [1.807, 2.05) is 52.0 Å². The van der Waals surface area contributed by atoms with Gasteiger partial charge >= 0.3 is 0 Å². The summed E-state index contributed by atoms with van der Waals surface area (Å²) in [5.74, 6) is -0.204. The molecule has 0 unspecified atom stereocenters. The van der Waals surface area contributed by atoms with Gasteiger partial charge in [-0.3, -0.25) is 14.6 Å². The third-order valence-electron chi connectivity index (χ3n) is 5.00. The maximum Gasteiger partial charge on any atom is 0.257 e. The van der Waals surface area contributed by atoms with Crippen molar-refractivity contribution in [3.63, 3.8) is 0 Å². The predicted molar refractivity (Wildman–Crippen MR) is 113 cm³/mol. The average Bonchev–Trinajstić information content (AvgIpc) is 2.69. The van der Waals surface area contributed by atoms with E-state index in [0.29, 0.717) is 35.6 Å². The molecule has 0 aliphatic rings. The Morgan fingerprint density at radius 3 is 2.25 bits per heavy atom. The number of benzene rings is 2. The van der Waals surface area contributed by atoms with E-state index in [2.05, 4.69) is 10.3 Å². The van der Waals surface area contributed by atoms with E-state index in [-0.39, 0.29) is 11.8 Å². The van der Waals surface area contributed by atoms with Crippen LogP contribution in [-0.4, -0.2) is 34.8 Å². The van der Waals surface area contributed by atoms with Crippen molar-refractivity contribution >= 4 is 28.4 Å². The summed E-state index contributed by atoms with van der Waals surface area (Å²) in [6.45, 7) is 9.04. The maximum atomic E-state index is 12.9. The van der Waals surface area contributed by atoms with Gasteiger partial charge in [0.15, 0.2) is 0 Å². The summed E-state index contributed by atoms with van der Waals surface area (Å²) in [4.78, 5) is 31.6. The number of amides is 2. The molecule has 0 spiro atoms. The van der Waals surface area contributed by atoms with E-state index in [1.165, 1.54) is 0 Å². The van der Waals surface area contributed by atoms with Gasteiger partial charge in [-0.15, -0.1) is 0 Å². The summed E-state index contributed by atoms with van der Waals surface area (Å²) in [6, 6.07) is 14.8. The van der Waals surface area contributed by atoms with Crippen molar-refractivity contribution in [1.82, 2.24) is 9.88 Å². The zero-order valence-corrected chi connectivity index (χ0v) is 16.7. The lowest BCUT2D eigenvalue weighted by atomic mass is 10.0. The van der Waals surface area contributed by atoms with Crippen molar-refractivity contribution in [3.8, 4) is 0 Å². The summed E-state index contributed by atoms with van der Waals surface area (Å²) < 4.78 is 0. The molecular weight excluding hydrogens is 350 g/mol. The van der Waals surface area contributed by atoms with Crippen molar-refractivity contribution in [2.45, 2.75) is 27.7 Å². The topological polar surface area (TPSA) is 62.3 Å². The van der Waals surface area contributed by atoms with E-state index in [4.69, 9.17) is 0 Å². The number of aryl methyl sites for hydroxylation is 2. The number of hydrogen-bond acceptors (Lipinski definition) is 3. The minimum absolute atomic E-state index is 0.00621. The molecule has 0 radical (unpaired) electrons. The molecule has 5 nitrogen and oxygen atoms in total. The first-order chi connectivity index (χ1) is 13.5. The number of nitrogens with zero attached hydrogens (tertiary/aromatic N) is 2. The molecule has 1 N–H and O–H groups in total. The first-order valence-electron chi connectivity index (χ1n) is 9.52. The number of carbonyl (C=O) groups is 2. The summed E-state index contributed by atoms with van der Waals surface area (Å²) in [7, 11) is 0. The molecule has 28 heavy (non-hydrogen) atoms. The van der Waals surface area contributed by atoms with E-state index in [9.17, 15) is 9.59 Å². The highest BCUT2D eigenvalue weighted by atomic mass is 16.2. The highest BCUT2D eigenvalue weighted by Gasteiger charge is 2.17. The van der Waals surface area contributed by atoms with Gasteiger partial charge in [0, 0.05) is 29.7 Å². The first kappa shape index (κ1) is 19.5. The van der Waals surface area contributed by atoms with Crippen molar-refractivity contribution in [2.75, 3.05) is 18.4 Å². The molecule has 1 heterocycles. The Kier molecular flexibility index (Phi) is 5.73. The molecule has 2 aromatic carbocycles. The molecule has 3 rings (SSSR count). The van der Waals surface area contributed by atoms with Crippen LogP contribution in [-0.2, 0) is 0 Å². The smallest absolute Gasteiger partial charge is 0.257 e. The van der Waals surface area contributed by atoms with Gasteiger partial charge in [-0.2, -0.15) is 0 Å². The zero-order valence-electron chi connectivity index (χ0n) is 16.7. The highest BCUT2D eigenvalue weighted by molar-refractivity contribution is 6.08. The molecular formula is C23H25N3O2. The predicted octanol–water partition coefficient (Wildman–Crippen LogP) is 4.59. The van der Waals surface area contributed by atoms with E-state index < -0.39 is 0 Å². The Bertz CT molecular complexity index is 1020. The van der Waals surface area contributed by atoms with Crippen LogP contribution < -0.4 is 5.32 Å². The third-order valence-corrected chi connectivity index (χ3v) is 5.00. The highest BCUT2D eigenvalue weighted by Crippen LogP contribution is 2.23.